The second-order valence-electron chi connectivity index (χ2n) is 5.50. The van der Waals surface area contributed by atoms with E-state index in [9.17, 15) is 9.90 Å². The molecular weight excluding hydrogens is 320 g/mol. The molecule has 1 saturated carbocycles. The lowest BCUT2D eigenvalue weighted by molar-refractivity contribution is -0.115. The van der Waals surface area contributed by atoms with Gasteiger partial charge in [-0.2, -0.15) is 0 Å². The maximum Gasteiger partial charge on any atom is 0.238 e. The number of hydrogen-bond donors (Lipinski definition) is 3. The number of hydrogen-bond acceptors (Lipinski definition) is 3. The Morgan fingerprint density at radius 2 is 2.00 bits per heavy atom. The Morgan fingerprint density at radius 1 is 1.30 bits per heavy atom. The molecule has 4 nitrogen and oxygen atoms in total. The van der Waals surface area contributed by atoms with Crippen molar-refractivity contribution in [2.45, 2.75) is 25.7 Å². The summed E-state index contributed by atoms with van der Waals surface area (Å²) in [5.41, 5.74) is 0.755. The number of aliphatic hydroxyl groups is 1. The number of aliphatic hydroxyl groups excluding tert-OH is 1. The summed E-state index contributed by atoms with van der Waals surface area (Å²) >= 11 is 3.40. The Bertz CT molecular complexity index is 459. The molecular formula is C15H21BrN2O2. The zero-order valence-corrected chi connectivity index (χ0v) is 13.1. The first kappa shape index (κ1) is 15.5. The summed E-state index contributed by atoms with van der Waals surface area (Å²) in [6.07, 6.45) is 4.43. The molecule has 0 aromatic heterocycles. The highest BCUT2D eigenvalue weighted by Crippen LogP contribution is 2.36. The molecule has 1 aliphatic rings. The van der Waals surface area contributed by atoms with Crippen LogP contribution in [0.25, 0.3) is 0 Å². The van der Waals surface area contributed by atoms with Crippen LogP contribution in [-0.4, -0.2) is 30.7 Å². The second kappa shape index (κ2) is 7.20. The van der Waals surface area contributed by atoms with Gasteiger partial charge in [-0.1, -0.05) is 25.0 Å². The minimum atomic E-state index is -0.0667. The van der Waals surface area contributed by atoms with Gasteiger partial charge in [-0.05, 0) is 40.9 Å². The van der Waals surface area contributed by atoms with E-state index in [4.69, 9.17) is 0 Å². The van der Waals surface area contributed by atoms with Gasteiger partial charge in [-0.15, -0.1) is 0 Å². The van der Waals surface area contributed by atoms with Gasteiger partial charge >= 0.3 is 0 Å². The molecule has 0 unspecified atom stereocenters. The molecule has 0 aliphatic heterocycles. The Morgan fingerprint density at radius 3 is 2.65 bits per heavy atom. The molecule has 1 fully saturated rings. The van der Waals surface area contributed by atoms with E-state index in [2.05, 4.69) is 26.6 Å². The van der Waals surface area contributed by atoms with Gasteiger partial charge in [0.1, 0.15) is 0 Å². The summed E-state index contributed by atoms with van der Waals surface area (Å²) in [5, 5.41) is 15.5. The van der Waals surface area contributed by atoms with Crippen LogP contribution >= 0.6 is 15.9 Å². The minimum Gasteiger partial charge on any atom is -0.396 e. The van der Waals surface area contributed by atoms with Crippen molar-refractivity contribution in [1.29, 1.82) is 0 Å². The number of carbonyl (C=O) groups excluding carboxylic acids is 1. The van der Waals surface area contributed by atoms with Crippen molar-refractivity contribution < 1.29 is 9.90 Å². The molecule has 0 atom stereocenters. The zero-order valence-electron chi connectivity index (χ0n) is 11.5. The van der Waals surface area contributed by atoms with Crippen LogP contribution in [0, 0.1) is 5.41 Å². The molecule has 2 rings (SSSR count). The third-order valence-corrected chi connectivity index (χ3v) is 4.62. The fraction of sp³-hybridized carbons (Fsp3) is 0.533. The molecule has 20 heavy (non-hydrogen) atoms. The highest BCUT2D eigenvalue weighted by atomic mass is 79.9. The molecule has 110 valence electrons. The molecule has 3 N–H and O–H groups in total. The number of rotatable bonds is 6. The summed E-state index contributed by atoms with van der Waals surface area (Å²) in [4.78, 5) is 11.9. The van der Waals surface area contributed by atoms with Crippen molar-refractivity contribution in [2.24, 2.45) is 5.41 Å². The SMILES string of the molecule is O=C(CNCC1(CO)CCCC1)Nc1ccccc1Br. The second-order valence-corrected chi connectivity index (χ2v) is 6.35. The Balaban J connectivity index is 1.77. The summed E-state index contributed by atoms with van der Waals surface area (Å²) in [6.45, 7) is 1.17. The van der Waals surface area contributed by atoms with Crippen LogP contribution in [-0.2, 0) is 4.79 Å². The van der Waals surface area contributed by atoms with E-state index in [1.54, 1.807) is 0 Å². The fourth-order valence-corrected chi connectivity index (χ4v) is 3.10. The standard InChI is InChI=1S/C15H21BrN2O2/c16-12-5-1-2-6-13(12)18-14(20)9-17-10-15(11-19)7-3-4-8-15/h1-2,5-6,17,19H,3-4,7-11H2,(H,18,20). The van der Waals surface area contributed by atoms with Gasteiger partial charge in [0.25, 0.3) is 0 Å². The number of anilines is 1. The zero-order chi connectivity index (χ0) is 14.4. The third kappa shape index (κ3) is 4.04. The lowest BCUT2D eigenvalue weighted by Crippen LogP contribution is -2.38. The Labute approximate surface area is 128 Å². The highest BCUT2D eigenvalue weighted by molar-refractivity contribution is 9.10. The lowest BCUT2D eigenvalue weighted by Gasteiger charge is -2.26. The van der Waals surface area contributed by atoms with Crippen LogP contribution in [0.3, 0.4) is 0 Å². The van der Waals surface area contributed by atoms with E-state index in [0.29, 0.717) is 6.54 Å². The van der Waals surface area contributed by atoms with Crippen molar-refractivity contribution in [3.8, 4) is 0 Å². The van der Waals surface area contributed by atoms with Crippen molar-refractivity contribution in [3.63, 3.8) is 0 Å². The van der Waals surface area contributed by atoms with Gasteiger partial charge in [-0.25, -0.2) is 0 Å². The molecule has 0 saturated heterocycles. The van der Waals surface area contributed by atoms with Gasteiger partial charge in [-0.3, -0.25) is 4.79 Å². The first-order chi connectivity index (χ1) is 9.65. The largest absolute Gasteiger partial charge is 0.396 e. The first-order valence-corrected chi connectivity index (χ1v) is 7.80. The average molecular weight is 341 g/mol. The van der Waals surface area contributed by atoms with E-state index >= 15 is 0 Å². The number of amides is 1. The molecule has 0 heterocycles. The summed E-state index contributed by atoms with van der Waals surface area (Å²) in [5.74, 6) is -0.0667. The predicted octanol–water partition coefficient (Wildman–Crippen LogP) is 2.53. The topological polar surface area (TPSA) is 61.4 Å². The quantitative estimate of drug-likeness (QED) is 0.745. The molecule has 0 radical (unpaired) electrons. The van der Waals surface area contributed by atoms with Crippen LogP contribution in [0.4, 0.5) is 5.69 Å². The van der Waals surface area contributed by atoms with Crippen molar-refractivity contribution >= 4 is 27.5 Å². The van der Waals surface area contributed by atoms with Crippen LogP contribution in [0.5, 0.6) is 0 Å². The van der Waals surface area contributed by atoms with Crippen LogP contribution in [0.1, 0.15) is 25.7 Å². The number of nitrogens with one attached hydrogen (secondary N) is 2. The molecule has 1 aromatic carbocycles. The van der Waals surface area contributed by atoms with Gasteiger partial charge in [0.05, 0.1) is 12.2 Å². The summed E-state index contributed by atoms with van der Waals surface area (Å²) in [7, 11) is 0. The molecule has 5 heteroatoms. The number of benzene rings is 1. The van der Waals surface area contributed by atoms with Gasteiger partial charge in [0.15, 0.2) is 0 Å². The Kier molecular flexibility index (Phi) is 5.57. The molecule has 1 aromatic rings. The predicted molar refractivity (Wildman–Crippen MR) is 83.6 cm³/mol. The van der Waals surface area contributed by atoms with Crippen molar-refractivity contribution in [1.82, 2.24) is 5.32 Å². The van der Waals surface area contributed by atoms with Crippen LogP contribution in [0.15, 0.2) is 28.7 Å². The maximum absolute atomic E-state index is 11.9. The van der Waals surface area contributed by atoms with Crippen LogP contribution < -0.4 is 10.6 Å². The number of para-hydroxylation sites is 1. The number of halogens is 1. The third-order valence-electron chi connectivity index (χ3n) is 3.93. The van der Waals surface area contributed by atoms with E-state index in [0.717, 1.165) is 23.0 Å². The molecule has 0 bridgehead atoms. The van der Waals surface area contributed by atoms with E-state index in [1.807, 2.05) is 24.3 Å². The lowest BCUT2D eigenvalue weighted by atomic mass is 9.87. The van der Waals surface area contributed by atoms with Crippen molar-refractivity contribution in [3.05, 3.63) is 28.7 Å². The molecule has 1 aliphatic carbocycles. The van der Waals surface area contributed by atoms with Gasteiger partial charge < -0.3 is 15.7 Å². The number of carbonyl (C=O) groups is 1. The normalized spacial score (nSPS) is 17.1. The highest BCUT2D eigenvalue weighted by Gasteiger charge is 2.32. The van der Waals surface area contributed by atoms with Gasteiger partial charge in [0.2, 0.25) is 5.91 Å². The minimum absolute atomic E-state index is 0.0202. The fourth-order valence-electron chi connectivity index (χ4n) is 2.71. The average Bonchev–Trinajstić information content (AvgIpc) is 2.91. The van der Waals surface area contributed by atoms with E-state index in [1.165, 1.54) is 12.8 Å². The summed E-state index contributed by atoms with van der Waals surface area (Å²) in [6, 6.07) is 7.53. The first-order valence-electron chi connectivity index (χ1n) is 7.01. The monoisotopic (exact) mass is 340 g/mol. The Hall–Kier alpha value is -0.910. The van der Waals surface area contributed by atoms with E-state index in [-0.39, 0.29) is 24.5 Å². The molecule has 0 spiro atoms. The van der Waals surface area contributed by atoms with Gasteiger partial charge in [0, 0.05) is 23.0 Å². The smallest absolute Gasteiger partial charge is 0.238 e. The maximum atomic E-state index is 11.9. The van der Waals surface area contributed by atoms with E-state index < -0.39 is 0 Å². The summed E-state index contributed by atoms with van der Waals surface area (Å²) < 4.78 is 0.871. The van der Waals surface area contributed by atoms with Crippen molar-refractivity contribution in [2.75, 3.05) is 25.0 Å². The molecule has 1 amide bonds. The van der Waals surface area contributed by atoms with Crippen LogP contribution in [0.2, 0.25) is 0 Å².